The molecule has 1 aromatic heterocycles. The molecule has 1 aliphatic rings. The number of anilines is 2. The fourth-order valence-electron chi connectivity index (χ4n) is 2.35. The molecule has 23 heavy (non-hydrogen) atoms. The minimum atomic E-state index is -3.52. The molecule has 0 radical (unpaired) electrons. The first-order valence-corrected chi connectivity index (χ1v) is 9.73. The van der Waals surface area contributed by atoms with Crippen LogP contribution in [0, 0.1) is 5.82 Å². The third-order valence-corrected chi connectivity index (χ3v) is 5.50. The second kappa shape index (κ2) is 5.93. The molecule has 1 fully saturated rings. The van der Waals surface area contributed by atoms with E-state index in [2.05, 4.69) is 5.32 Å². The Kier molecular flexibility index (Phi) is 4.11. The number of nitrogens with one attached hydrogen (secondary N) is 1. The van der Waals surface area contributed by atoms with Crippen molar-refractivity contribution in [3.05, 3.63) is 46.4 Å². The Morgan fingerprint density at radius 1 is 1.35 bits per heavy atom. The number of sulfonamides is 1. The number of amides is 1. The average Bonchev–Trinajstić information content (AvgIpc) is 3.12. The van der Waals surface area contributed by atoms with E-state index in [1.165, 1.54) is 27.8 Å². The lowest BCUT2D eigenvalue weighted by molar-refractivity contribution is 0.103. The summed E-state index contributed by atoms with van der Waals surface area (Å²) >= 11 is 1.26. The third kappa shape index (κ3) is 3.53. The minimum absolute atomic E-state index is 0.132. The maximum absolute atomic E-state index is 13.6. The van der Waals surface area contributed by atoms with Gasteiger partial charge >= 0.3 is 0 Å². The van der Waals surface area contributed by atoms with E-state index in [-0.39, 0.29) is 11.7 Å². The van der Waals surface area contributed by atoms with E-state index in [1.807, 2.05) is 0 Å². The maximum Gasteiger partial charge on any atom is 0.265 e. The van der Waals surface area contributed by atoms with Gasteiger partial charge in [-0.25, -0.2) is 12.8 Å². The van der Waals surface area contributed by atoms with Crippen molar-refractivity contribution in [3.63, 3.8) is 0 Å². The number of hydrogen-bond donors (Lipinski definition) is 1. The zero-order chi connectivity index (χ0) is 16.6. The first kappa shape index (κ1) is 15.9. The molecule has 5 nitrogen and oxygen atoms in total. The van der Waals surface area contributed by atoms with E-state index in [0.717, 1.165) is 25.2 Å². The maximum atomic E-state index is 13.6. The fraction of sp³-hybridized carbons (Fsp3) is 0.267. The lowest BCUT2D eigenvalue weighted by Crippen LogP contribution is -2.33. The van der Waals surface area contributed by atoms with Gasteiger partial charge in [0.05, 0.1) is 22.5 Å². The number of halogens is 1. The smallest absolute Gasteiger partial charge is 0.265 e. The van der Waals surface area contributed by atoms with E-state index >= 15 is 0 Å². The van der Waals surface area contributed by atoms with Crippen LogP contribution in [-0.4, -0.2) is 26.6 Å². The molecule has 1 amide bonds. The van der Waals surface area contributed by atoms with Gasteiger partial charge in [0.1, 0.15) is 5.82 Å². The monoisotopic (exact) mass is 354 g/mol. The Bertz CT molecular complexity index is 830. The van der Waals surface area contributed by atoms with Gasteiger partial charge in [-0.1, -0.05) is 6.07 Å². The van der Waals surface area contributed by atoms with E-state index < -0.39 is 21.7 Å². The molecule has 1 aliphatic carbocycles. The van der Waals surface area contributed by atoms with Gasteiger partial charge in [0, 0.05) is 6.04 Å². The predicted molar refractivity (Wildman–Crippen MR) is 89.0 cm³/mol. The van der Waals surface area contributed by atoms with Crippen LogP contribution in [0.4, 0.5) is 15.8 Å². The zero-order valence-corrected chi connectivity index (χ0v) is 14.0. The Morgan fingerprint density at radius 2 is 2.09 bits per heavy atom. The first-order chi connectivity index (χ1) is 10.9. The second-order valence-electron chi connectivity index (χ2n) is 5.38. The SMILES string of the molecule is CS(=O)(=O)N(c1ccc(F)cc1NC(=O)c1cccs1)C1CC1. The standard InChI is InChI=1S/C15H15FN2O3S2/c1-23(20,21)18(11-5-6-11)13-7-4-10(16)9-12(13)17-15(19)14-3-2-8-22-14/h2-4,7-9,11H,5-6H2,1H3,(H,17,19). The third-order valence-electron chi connectivity index (χ3n) is 3.43. The molecule has 0 saturated heterocycles. The summed E-state index contributed by atoms with van der Waals surface area (Å²) in [4.78, 5) is 12.7. The number of thiophene rings is 1. The van der Waals surface area contributed by atoms with Gasteiger partial charge in [-0.3, -0.25) is 9.10 Å². The number of carbonyl (C=O) groups excluding carboxylic acids is 1. The second-order valence-corrected chi connectivity index (χ2v) is 8.19. The van der Waals surface area contributed by atoms with E-state index in [1.54, 1.807) is 17.5 Å². The van der Waals surface area contributed by atoms with Crippen molar-refractivity contribution in [1.82, 2.24) is 0 Å². The van der Waals surface area contributed by atoms with Crippen LogP contribution in [0.1, 0.15) is 22.5 Å². The molecule has 0 spiro atoms. The average molecular weight is 354 g/mol. The summed E-state index contributed by atoms with van der Waals surface area (Å²) in [5.74, 6) is -0.935. The molecule has 3 rings (SSSR count). The van der Waals surface area contributed by atoms with Crippen LogP contribution >= 0.6 is 11.3 Å². The number of carbonyl (C=O) groups is 1. The van der Waals surface area contributed by atoms with Gasteiger partial charge < -0.3 is 5.32 Å². The molecule has 0 atom stereocenters. The number of benzene rings is 1. The summed E-state index contributed by atoms with van der Waals surface area (Å²) in [5.41, 5.74) is 0.446. The highest BCUT2D eigenvalue weighted by atomic mass is 32.2. The molecular formula is C15H15FN2O3S2. The molecular weight excluding hydrogens is 339 g/mol. The van der Waals surface area contributed by atoms with Gasteiger partial charge in [0.15, 0.2) is 0 Å². The van der Waals surface area contributed by atoms with Crippen molar-refractivity contribution >= 4 is 38.6 Å². The first-order valence-electron chi connectivity index (χ1n) is 7.00. The summed E-state index contributed by atoms with van der Waals surface area (Å²) in [6.07, 6.45) is 2.62. The van der Waals surface area contributed by atoms with Gasteiger partial charge in [-0.15, -0.1) is 11.3 Å². The van der Waals surface area contributed by atoms with Crippen LogP contribution in [0.3, 0.4) is 0 Å². The Labute approximate surface area is 137 Å². The van der Waals surface area contributed by atoms with Crippen LogP contribution in [0.5, 0.6) is 0 Å². The Hall–Kier alpha value is -1.93. The van der Waals surface area contributed by atoms with Gasteiger partial charge in [-0.2, -0.15) is 0 Å². The zero-order valence-electron chi connectivity index (χ0n) is 12.3. The highest BCUT2D eigenvalue weighted by Crippen LogP contribution is 2.38. The van der Waals surface area contributed by atoms with E-state index in [4.69, 9.17) is 0 Å². The lowest BCUT2D eigenvalue weighted by Gasteiger charge is -2.24. The molecule has 2 aromatic rings. The summed E-state index contributed by atoms with van der Waals surface area (Å²) in [6.45, 7) is 0. The summed E-state index contributed by atoms with van der Waals surface area (Å²) < 4.78 is 39.0. The van der Waals surface area contributed by atoms with Gasteiger partial charge in [0.25, 0.3) is 5.91 Å². The van der Waals surface area contributed by atoms with Crippen molar-refractivity contribution in [3.8, 4) is 0 Å². The Balaban J connectivity index is 1.99. The highest BCUT2D eigenvalue weighted by Gasteiger charge is 2.36. The molecule has 0 bridgehead atoms. The molecule has 1 aromatic carbocycles. The van der Waals surface area contributed by atoms with Crippen LogP contribution in [0.2, 0.25) is 0 Å². The predicted octanol–water partition coefficient (Wildman–Crippen LogP) is 3.07. The van der Waals surface area contributed by atoms with Crippen molar-refractivity contribution in [2.45, 2.75) is 18.9 Å². The van der Waals surface area contributed by atoms with Crippen LogP contribution in [-0.2, 0) is 10.0 Å². The van der Waals surface area contributed by atoms with Crippen molar-refractivity contribution < 1.29 is 17.6 Å². The molecule has 1 heterocycles. The van der Waals surface area contributed by atoms with Crippen LogP contribution in [0.25, 0.3) is 0 Å². The molecule has 0 unspecified atom stereocenters. The van der Waals surface area contributed by atoms with Gasteiger partial charge in [-0.05, 0) is 42.5 Å². The van der Waals surface area contributed by atoms with Crippen molar-refractivity contribution in [1.29, 1.82) is 0 Å². The quantitative estimate of drug-likeness (QED) is 0.897. The molecule has 1 saturated carbocycles. The fourth-order valence-corrected chi connectivity index (χ4v) is 4.24. The number of nitrogens with zero attached hydrogens (tertiary/aromatic N) is 1. The number of rotatable bonds is 5. The molecule has 8 heteroatoms. The summed E-state index contributed by atoms with van der Waals surface area (Å²) in [6, 6.07) is 6.97. The van der Waals surface area contributed by atoms with Crippen LogP contribution in [0.15, 0.2) is 35.7 Å². The molecule has 122 valence electrons. The largest absolute Gasteiger partial charge is 0.319 e. The highest BCUT2D eigenvalue weighted by molar-refractivity contribution is 7.92. The number of hydrogen-bond acceptors (Lipinski definition) is 4. The van der Waals surface area contributed by atoms with Crippen molar-refractivity contribution in [2.24, 2.45) is 0 Å². The van der Waals surface area contributed by atoms with Gasteiger partial charge in [0.2, 0.25) is 10.0 Å². The normalized spacial score (nSPS) is 14.5. The Morgan fingerprint density at radius 3 is 2.65 bits per heavy atom. The lowest BCUT2D eigenvalue weighted by atomic mass is 10.2. The summed E-state index contributed by atoms with van der Waals surface area (Å²) in [7, 11) is -3.52. The summed E-state index contributed by atoms with van der Waals surface area (Å²) in [5, 5.41) is 4.37. The topological polar surface area (TPSA) is 66.5 Å². The van der Waals surface area contributed by atoms with Crippen molar-refractivity contribution in [2.75, 3.05) is 15.9 Å². The van der Waals surface area contributed by atoms with E-state index in [0.29, 0.717) is 10.6 Å². The molecule has 1 N–H and O–H groups in total. The molecule has 0 aliphatic heterocycles. The minimum Gasteiger partial charge on any atom is -0.319 e. The van der Waals surface area contributed by atoms with Crippen LogP contribution < -0.4 is 9.62 Å². The van der Waals surface area contributed by atoms with E-state index in [9.17, 15) is 17.6 Å².